The van der Waals surface area contributed by atoms with E-state index in [1.54, 1.807) is 12.1 Å². The minimum atomic E-state index is -0.532. The summed E-state index contributed by atoms with van der Waals surface area (Å²) in [7, 11) is 0. The van der Waals surface area contributed by atoms with Gasteiger partial charge in [-0.05, 0) is 60.2 Å². The van der Waals surface area contributed by atoms with Crippen LogP contribution in [0.4, 0.5) is 11.5 Å². The molecule has 0 saturated heterocycles. The van der Waals surface area contributed by atoms with Crippen LogP contribution in [0.2, 0.25) is 0 Å². The Morgan fingerprint density at radius 2 is 1.80 bits per heavy atom. The summed E-state index contributed by atoms with van der Waals surface area (Å²) in [5.74, 6) is 2.41. The number of nitrogens with one attached hydrogen (secondary N) is 1. The molecule has 5 aromatic rings. The van der Waals surface area contributed by atoms with Crippen molar-refractivity contribution < 1.29 is 14.1 Å². The first-order valence-electron chi connectivity index (χ1n) is 10.8. The van der Waals surface area contributed by atoms with Gasteiger partial charge in [0.2, 0.25) is 6.20 Å². The average molecular weight is 464 g/mol. The van der Waals surface area contributed by atoms with Gasteiger partial charge in [-0.1, -0.05) is 30.3 Å². The van der Waals surface area contributed by atoms with Crippen molar-refractivity contribution in [2.75, 3.05) is 5.32 Å². The van der Waals surface area contributed by atoms with E-state index in [1.165, 1.54) is 12.4 Å². The first kappa shape index (κ1) is 21.8. The maximum absolute atomic E-state index is 10.5. The molecule has 8 nitrogen and oxygen atoms in total. The van der Waals surface area contributed by atoms with Crippen LogP contribution in [0.5, 0.6) is 5.75 Å². The molecule has 0 spiro atoms. The second kappa shape index (κ2) is 9.88. The van der Waals surface area contributed by atoms with Gasteiger partial charge >= 0.3 is 0 Å². The average Bonchev–Trinajstić information content (AvgIpc) is 3.37. The van der Waals surface area contributed by atoms with E-state index >= 15 is 0 Å². The summed E-state index contributed by atoms with van der Waals surface area (Å²) in [5, 5.41) is 14.7. The molecule has 0 atom stereocenters. The normalized spacial score (nSPS) is 11.1. The zero-order valence-corrected chi connectivity index (χ0v) is 18.5. The van der Waals surface area contributed by atoms with E-state index in [-0.39, 0.29) is 0 Å². The van der Waals surface area contributed by atoms with Crippen molar-refractivity contribution in [2.45, 2.75) is 6.61 Å². The van der Waals surface area contributed by atoms with Crippen molar-refractivity contribution in [3.05, 3.63) is 119 Å². The molecule has 3 aromatic carbocycles. The fraction of sp³-hybridized carbons (Fsp3) is 0.0370. The number of hydrogen-bond donors (Lipinski definition) is 1. The minimum absolute atomic E-state index is 0.397. The number of nitro groups is 1. The van der Waals surface area contributed by atoms with Gasteiger partial charge < -0.3 is 14.5 Å². The Morgan fingerprint density at radius 3 is 2.60 bits per heavy atom. The van der Waals surface area contributed by atoms with Gasteiger partial charge in [0.1, 0.15) is 36.0 Å². The zero-order chi connectivity index (χ0) is 24.0. The van der Waals surface area contributed by atoms with Gasteiger partial charge in [-0.15, -0.1) is 0 Å². The Morgan fingerprint density at radius 1 is 0.971 bits per heavy atom. The number of fused-ring (bicyclic) bond motifs is 1. The molecule has 0 unspecified atom stereocenters. The predicted molar refractivity (Wildman–Crippen MR) is 134 cm³/mol. The van der Waals surface area contributed by atoms with Crippen LogP contribution in [0.1, 0.15) is 11.3 Å². The quantitative estimate of drug-likeness (QED) is 0.208. The van der Waals surface area contributed by atoms with Crippen molar-refractivity contribution >= 4 is 28.5 Å². The summed E-state index contributed by atoms with van der Waals surface area (Å²) in [5.41, 5.74) is 3.54. The molecule has 0 radical (unpaired) electrons. The van der Waals surface area contributed by atoms with Crippen LogP contribution in [0.3, 0.4) is 0 Å². The van der Waals surface area contributed by atoms with E-state index < -0.39 is 4.92 Å². The van der Waals surface area contributed by atoms with Crippen LogP contribution in [-0.4, -0.2) is 14.9 Å². The Labute approximate surface area is 200 Å². The van der Waals surface area contributed by atoms with Crippen molar-refractivity contribution in [3.8, 4) is 17.1 Å². The van der Waals surface area contributed by atoms with Crippen molar-refractivity contribution in [1.29, 1.82) is 0 Å². The van der Waals surface area contributed by atoms with Crippen molar-refractivity contribution in [1.82, 2.24) is 9.97 Å². The summed E-state index contributed by atoms with van der Waals surface area (Å²) < 4.78 is 11.6. The number of anilines is 2. The molecule has 0 aliphatic rings. The number of nitrogens with zero attached hydrogens (tertiary/aromatic N) is 3. The maximum atomic E-state index is 10.5. The highest BCUT2D eigenvalue weighted by Crippen LogP contribution is 2.30. The molecule has 5 rings (SSSR count). The van der Waals surface area contributed by atoms with E-state index in [9.17, 15) is 10.1 Å². The number of ether oxygens (including phenoxy) is 1. The van der Waals surface area contributed by atoms with E-state index in [0.29, 0.717) is 23.9 Å². The number of benzene rings is 3. The molecule has 2 heterocycles. The van der Waals surface area contributed by atoms with E-state index in [0.717, 1.165) is 39.7 Å². The van der Waals surface area contributed by atoms with Gasteiger partial charge in [0.15, 0.2) is 0 Å². The van der Waals surface area contributed by atoms with Gasteiger partial charge in [-0.2, -0.15) is 0 Å². The molecular formula is C27H20N4O4. The Kier molecular flexibility index (Phi) is 6.17. The van der Waals surface area contributed by atoms with Crippen LogP contribution in [-0.2, 0) is 6.61 Å². The van der Waals surface area contributed by atoms with Crippen LogP contribution in [0.15, 0.2) is 102 Å². The van der Waals surface area contributed by atoms with Gasteiger partial charge in [0.05, 0.1) is 16.5 Å². The Hall–Kier alpha value is -4.98. The van der Waals surface area contributed by atoms with Crippen LogP contribution in [0.25, 0.3) is 28.3 Å². The molecule has 0 aliphatic heterocycles. The second-order valence-electron chi connectivity index (χ2n) is 7.68. The molecule has 0 saturated carbocycles. The third-order valence-corrected chi connectivity index (χ3v) is 5.27. The molecule has 35 heavy (non-hydrogen) atoms. The van der Waals surface area contributed by atoms with Gasteiger partial charge in [-0.25, -0.2) is 9.97 Å². The monoisotopic (exact) mass is 464 g/mol. The van der Waals surface area contributed by atoms with Crippen LogP contribution < -0.4 is 10.1 Å². The number of aromatic nitrogens is 2. The molecule has 0 fully saturated rings. The largest absolute Gasteiger partial charge is 0.489 e. The molecule has 1 N–H and O–H groups in total. The molecule has 8 heteroatoms. The fourth-order valence-corrected chi connectivity index (χ4v) is 3.55. The predicted octanol–water partition coefficient (Wildman–Crippen LogP) is 6.46. The standard InChI is InChI=1S/C27H20N4O4/c32-31(33)15-14-23-11-13-26(35-23)20-6-12-25-24(16-20)27(29-18-28-25)30-21-7-9-22(10-8-21)34-17-19-4-2-1-3-5-19/h1-16,18H,17H2,(H,28,29,30). The highest BCUT2D eigenvalue weighted by Gasteiger charge is 2.10. The topological polar surface area (TPSA) is 103 Å². The lowest BCUT2D eigenvalue weighted by atomic mass is 10.1. The summed E-state index contributed by atoms with van der Waals surface area (Å²) in [6.07, 6.45) is 3.67. The second-order valence-corrected chi connectivity index (χ2v) is 7.68. The van der Waals surface area contributed by atoms with Crippen molar-refractivity contribution in [2.24, 2.45) is 0 Å². The SMILES string of the molecule is O=[N+]([O-])C=Cc1ccc(-c2ccc3ncnc(Nc4ccc(OCc5ccccc5)cc4)c3c2)o1. The van der Waals surface area contributed by atoms with E-state index in [2.05, 4.69) is 15.3 Å². The molecule has 2 aromatic heterocycles. The molecule has 0 aliphatic carbocycles. The van der Waals surface area contributed by atoms with E-state index in [1.807, 2.05) is 72.8 Å². The molecular weight excluding hydrogens is 444 g/mol. The summed E-state index contributed by atoms with van der Waals surface area (Å²) in [6.45, 7) is 0.503. The fourth-order valence-electron chi connectivity index (χ4n) is 3.55. The summed E-state index contributed by atoms with van der Waals surface area (Å²) >= 11 is 0. The summed E-state index contributed by atoms with van der Waals surface area (Å²) in [4.78, 5) is 18.8. The minimum Gasteiger partial charge on any atom is -0.489 e. The lowest BCUT2D eigenvalue weighted by Crippen LogP contribution is -1.97. The number of hydrogen-bond acceptors (Lipinski definition) is 7. The molecule has 172 valence electrons. The third kappa shape index (κ3) is 5.33. The van der Waals surface area contributed by atoms with Gasteiger partial charge in [0, 0.05) is 16.6 Å². The summed E-state index contributed by atoms with van der Waals surface area (Å²) in [6, 6.07) is 26.8. The van der Waals surface area contributed by atoms with E-state index in [4.69, 9.17) is 9.15 Å². The first-order valence-corrected chi connectivity index (χ1v) is 10.8. The zero-order valence-electron chi connectivity index (χ0n) is 18.5. The first-order chi connectivity index (χ1) is 17.1. The van der Waals surface area contributed by atoms with Gasteiger partial charge in [0.25, 0.3) is 0 Å². The molecule has 0 amide bonds. The Balaban J connectivity index is 1.34. The third-order valence-electron chi connectivity index (χ3n) is 5.27. The van der Waals surface area contributed by atoms with Crippen LogP contribution >= 0.6 is 0 Å². The smallest absolute Gasteiger partial charge is 0.238 e. The highest BCUT2D eigenvalue weighted by atomic mass is 16.6. The lowest BCUT2D eigenvalue weighted by Gasteiger charge is -2.11. The molecule has 0 bridgehead atoms. The maximum Gasteiger partial charge on any atom is 0.238 e. The van der Waals surface area contributed by atoms with Crippen LogP contribution in [0, 0.1) is 10.1 Å². The lowest BCUT2D eigenvalue weighted by molar-refractivity contribution is -0.401. The highest BCUT2D eigenvalue weighted by molar-refractivity contribution is 5.93. The van der Waals surface area contributed by atoms with Crippen molar-refractivity contribution in [3.63, 3.8) is 0 Å². The number of furan rings is 1. The Bertz CT molecular complexity index is 1500. The van der Waals surface area contributed by atoms with Gasteiger partial charge in [-0.3, -0.25) is 10.1 Å². The number of rotatable bonds is 8.